The highest BCUT2D eigenvalue weighted by atomic mass is 32.1. The van der Waals surface area contributed by atoms with Gasteiger partial charge in [-0.3, -0.25) is 0 Å². The van der Waals surface area contributed by atoms with Crippen molar-refractivity contribution in [2.45, 2.75) is 0 Å². The van der Waals surface area contributed by atoms with Crippen molar-refractivity contribution in [3.63, 3.8) is 0 Å². The molecule has 0 fully saturated rings. The van der Waals surface area contributed by atoms with Crippen LogP contribution in [0.4, 0.5) is 34.1 Å². The van der Waals surface area contributed by atoms with Crippen molar-refractivity contribution in [1.29, 1.82) is 0 Å². The van der Waals surface area contributed by atoms with E-state index < -0.39 is 0 Å². The number of rotatable bonds is 15. The number of thiophene rings is 2. The van der Waals surface area contributed by atoms with Crippen LogP contribution in [0.1, 0.15) is 0 Å². The van der Waals surface area contributed by atoms with Crippen LogP contribution >= 0.6 is 22.7 Å². The van der Waals surface area contributed by atoms with Crippen LogP contribution in [0.2, 0.25) is 0 Å². The van der Waals surface area contributed by atoms with E-state index in [9.17, 15) is 0 Å². The maximum atomic E-state index is 2.41. The van der Waals surface area contributed by atoms with Crippen LogP contribution in [-0.2, 0) is 0 Å². The number of benzene rings is 21. The molecule has 0 saturated heterocycles. The Morgan fingerprint density at radius 3 is 0.795 bits per heavy atom. The first kappa shape index (κ1) is 73.1. The second kappa shape index (κ2) is 31.9. The highest BCUT2D eigenvalue weighted by Crippen LogP contribution is 2.47. The predicted molar refractivity (Wildman–Crippen MR) is 527 cm³/mol. The summed E-state index contributed by atoms with van der Waals surface area (Å²) in [5.41, 5.74) is 28.1. The van der Waals surface area contributed by atoms with Crippen molar-refractivity contribution < 1.29 is 0 Å². The smallest absolute Gasteiger partial charge is 0.0540 e. The van der Waals surface area contributed by atoms with Crippen LogP contribution in [0.15, 0.2) is 473 Å². The zero-order chi connectivity index (χ0) is 80.8. The minimum Gasteiger partial charge on any atom is -0.311 e. The van der Waals surface area contributed by atoms with Gasteiger partial charge in [-0.2, -0.15) is 0 Å². The molecule has 572 valence electrons. The minimum atomic E-state index is 1.09. The van der Waals surface area contributed by atoms with E-state index in [4.69, 9.17) is 0 Å². The lowest BCUT2D eigenvalue weighted by Gasteiger charge is -2.29. The Morgan fingerprint density at radius 2 is 0.393 bits per heavy atom. The Morgan fingerprint density at radius 1 is 0.131 bits per heavy atom. The summed E-state index contributed by atoms with van der Waals surface area (Å²) in [4.78, 5) is 4.78. The largest absolute Gasteiger partial charge is 0.311 e. The lowest BCUT2D eigenvalue weighted by molar-refractivity contribution is 1.28. The maximum Gasteiger partial charge on any atom is 0.0540 e. The molecule has 0 atom stereocenters. The van der Waals surface area contributed by atoms with Gasteiger partial charge in [0.05, 0.1) is 5.69 Å². The molecular formula is C118H78N2S2. The number of hydrogen-bond acceptors (Lipinski definition) is 4. The lowest BCUT2D eigenvalue weighted by Crippen LogP contribution is -2.11. The first-order valence-corrected chi connectivity index (χ1v) is 43.3. The van der Waals surface area contributed by atoms with E-state index in [1.807, 2.05) is 22.7 Å². The molecule has 0 radical (unpaired) electrons. The van der Waals surface area contributed by atoms with Gasteiger partial charge in [0.2, 0.25) is 0 Å². The summed E-state index contributed by atoms with van der Waals surface area (Å²) in [6.07, 6.45) is 0. The zero-order valence-electron chi connectivity index (χ0n) is 66.7. The monoisotopic (exact) mass is 1590 g/mol. The Hall–Kier alpha value is -15.3. The summed E-state index contributed by atoms with van der Waals surface area (Å²) in [5, 5.41) is 15.4. The van der Waals surface area contributed by atoms with Crippen molar-refractivity contribution in [3.05, 3.63) is 473 Å². The normalized spacial score (nSPS) is 11.4. The Bertz CT molecular complexity index is 7760. The summed E-state index contributed by atoms with van der Waals surface area (Å²) in [7, 11) is 0. The second-order valence-electron chi connectivity index (χ2n) is 31.5. The van der Waals surface area contributed by atoms with Gasteiger partial charge in [-0.25, -0.2) is 0 Å². The van der Waals surface area contributed by atoms with E-state index in [2.05, 4.69) is 483 Å². The number of nitrogens with zero attached hydrogens (tertiary/aromatic N) is 2. The Balaban J connectivity index is 0.000000146. The summed E-state index contributed by atoms with van der Waals surface area (Å²) in [6.45, 7) is 0. The molecule has 2 nitrogen and oxygen atoms in total. The molecule has 0 aliphatic heterocycles. The van der Waals surface area contributed by atoms with Gasteiger partial charge in [0.1, 0.15) is 0 Å². The van der Waals surface area contributed by atoms with Crippen molar-refractivity contribution in [2.24, 2.45) is 0 Å². The fourth-order valence-electron chi connectivity index (χ4n) is 17.9. The number of hydrogen-bond donors (Lipinski definition) is 0. The topological polar surface area (TPSA) is 6.48 Å². The van der Waals surface area contributed by atoms with Crippen LogP contribution in [-0.4, -0.2) is 0 Å². The van der Waals surface area contributed by atoms with Crippen molar-refractivity contribution in [1.82, 2.24) is 0 Å². The van der Waals surface area contributed by atoms with Crippen molar-refractivity contribution in [3.8, 4) is 100 Å². The zero-order valence-corrected chi connectivity index (χ0v) is 68.4. The fraction of sp³-hybridized carbons (Fsp3) is 0. The molecule has 21 aromatic carbocycles. The summed E-state index contributed by atoms with van der Waals surface area (Å²) in [6, 6.07) is 173. The van der Waals surface area contributed by atoms with Gasteiger partial charge in [0.25, 0.3) is 0 Å². The van der Waals surface area contributed by atoms with Crippen LogP contribution in [0.3, 0.4) is 0 Å². The molecule has 0 aliphatic rings. The van der Waals surface area contributed by atoms with E-state index in [0.717, 1.165) is 34.1 Å². The quantitative estimate of drug-likeness (QED) is 0.0944. The van der Waals surface area contributed by atoms with Crippen LogP contribution in [0, 0.1) is 0 Å². The third-order valence-electron chi connectivity index (χ3n) is 24.1. The summed E-state index contributed by atoms with van der Waals surface area (Å²) >= 11 is 3.72. The molecule has 23 rings (SSSR count). The van der Waals surface area contributed by atoms with E-state index in [1.165, 1.54) is 184 Å². The van der Waals surface area contributed by atoms with Crippen LogP contribution in [0.25, 0.3) is 184 Å². The average Bonchev–Trinajstić information content (AvgIpc) is 1.38. The van der Waals surface area contributed by atoms with Crippen molar-refractivity contribution >= 4 is 140 Å². The highest BCUT2D eigenvalue weighted by Gasteiger charge is 2.22. The average molecular weight is 1590 g/mol. The highest BCUT2D eigenvalue weighted by molar-refractivity contribution is 7.26. The van der Waals surface area contributed by atoms with E-state index in [1.54, 1.807) is 0 Å². The standard InChI is InChI=1S/C62H41NS.C56H37NS/c1-3-11-42(12-4-1)51-38-52(43-13-5-2-6-14-43)40-53(39-51)46-25-33-56(34-26-46)63(55-31-23-45(24-32-55)49-28-36-62-60(41-49)59-17-9-10-18-61(59)64-62)54-29-21-44(22-30-54)48-27-35-58-50(37-48)20-19-47-15-7-8-16-57(47)58;1-3-11-38(12-4-1)44-26-33-54(52(36-44)41-13-5-2-6-14-41)57(48-30-23-40(24-31-48)45-27-34-56-53(37-45)51-17-9-10-18-55(51)58-56)47-28-21-39(22-29-47)43-25-32-50-46(35-43)20-19-42-15-7-8-16-49(42)50/h1-41H;1-37H. The molecule has 4 heteroatoms. The summed E-state index contributed by atoms with van der Waals surface area (Å²) < 4.78 is 5.29. The van der Waals surface area contributed by atoms with E-state index >= 15 is 0 Å². The molecule has 122 heavy (non-hydrogen) atoms. The third-order valence-corrected chi connectivity index (χ3v) is 26.4. The molecule has 2 aromatic heterocycles. The molecule has 0 N–H and O–H groups in total. The number of anilines is 6. The molecule has 2 heterocycles. The molecule has 0 bridgehead atoms. The maximum absolute atomic E-state index is 2.41. The first-order valence-electron chi connectivity index (χ1n) is 41.7. The van der Waals surface area contributed by atoms with Gasteiger partial charge < -0.3 is 9.80 Å². The lowest BCUT2D eigenvalue weighted by atomic mass is 9.93. The van der Waals surface area contributed by atoms with Gasteiger partial charge >= 0.3 is 0 Å². The van der Waals surface area contributed by atoms with Gasteiger partial charge in [-0.1, -0.05) is 334 Å². The van der Waals surface area contributed by atoms with E-state index in [-0.39, 0.29) is 0 Å². The molecule has 23 aromatic rings. The fourth-order valence-corrected chi connectivity index (χ4v) is 20.0. The van der Waals surface area contributed by atoms with Crippen molar-refractivity contribution in [2.75, 3.05) is 9.80 Å². The molecule has 0 unspecified atom stereocenters. The minimum absolute atomic E-state index is 1.09. The summed E-state index contributed by atoms with van der Waals surface area (Å²) in [5.74, 6) is 0. The van der Waals surface area contributed by atoms with Crippen LogP contribution in [0.5, 0.6) is 0 Å². The predicted octanol–water partition coefficient (Wildman–Crippen LogP) is 34.7. The van der Waals surface area contributed by atoms with E-state index in [0.29, 0.717) is 0 Å². The Labute approximate surface area is 717 Å². The van der Waals surface area contributed by atoms with Gasteiger partial charge in [0, 0.05) is 74.3 Å². The second-order valence-corrected chi connectivity index (χ2v) is 33.6. The van der Waals surface area contributed by atoms with Crippen LogP contribution < -0.4 is 9.80 Å². The molecular weight excluding hydrogens is 1510 g/mol. The molecule has 0 saturated carbocycles. The first-order chi connectivity index (χ1) is 60.4. The molecule has 0 amide bonds. The van der Waals surface area contributed by atoms with Gasteiger partial charge in [-0.15, -0.1) is 22.7 Å². The van der Waals surface area contributed by atoms with Gasteiger partial charge in [-0.05, 0) is 277 Å². The third kappa shape index (κ3) is 14.2. The molecule has 0 spiro atoms. The number of fused-ring (bicyclic) bond motifs is 12. The SMILES string of the molecule is c1ccc(-c2cc(-c3ccccc3)cc(-c3ccc(N(c4ccc(-c5ccc6c(ccc7ccccc76)c5)cc4)c4ccc(-c5ccc6sc7ccccc7c6c5)cc4)cc3)c2)cc1.c1ccc(-c2ccc(N(c3ccc(-c4ccc5c(ccc6ccccc65)c4)cc3)c3ccc(-c4ccc5sc6ccccc6c5c4)cc3)c(-c3ccccc3)c2)cc1. The van der Waals surface area contributed by atoms with Gasteiger partial charge in [0.15, 0.2) is 0 Å². The molecule has 0 aliphatic carbocycles. The Kier molecular flexibility index (Phi) is 19.1.